The van der Waals surface area contributed by atoms with Gasteiger partial charge in [0.05, 0.1) is 38.6 Å². The molecule has 0 spiro atoms. The highest BCUT2D eigenvalue weighted by atomic mass is 16.8. The van der Waals surface area contributed by atoms with E-state index in [0.717, 1.165) is 57.8 Å². The van der Waals surface area contributed by atoms with Crippen LogP contribution in [0.2, 0.25) is 0 Å². The molecule has 0 aliphatic carbocycles. The number of aliphatic hydroxyl groups excluding tert-OH is 11. The van der Waals surface area contributed by atoms with Crippen LogP contribution in [0.15, 0.2) is 72.9 Å². The van der Waals surface area contributed by atoms with E-state index in [-0.39, 0.29) is 18.9 Å². The van der Waals surface area contributed by atoms with Crippen molar-refractivity contribution in [2.75, 3.05) is 26.4 Å². The lowest BCUT2D eigenvalue weighted by molar-refractivity contribution is -0.379. The molecule has 12 N–H and O–H groups in total. The zero-order valence-electron chi connectivity index (χ0n) is 60.0. The van der Waals surface area contributed by atoms with Crippen LogP contribution in [0.4, 0.5) is 0 Å². The fourth-order valence-corrected chi connectivity index (χ4v) is 12.7. The molecule has 0 bridgehead atoms. The van der Waals surface area contributed by atoms with Crippen LogP contribution in [-0.4, -0.2) is 193 Å². The molecule has 0 radical (unpaired) electrons. The average Bonchev–Trinajstić information content (AvgIpc) is 0.789. The first-order valence-corrected chi connectivity index (χ1v) is 38.7. The van der Waals surface area contributed by atoms with E-state index in [0.29, 0.717) is 12.8 Å². The highest BCUT2D eigenvalue weighted by molar-refractivity contribution is 5.76. The van der Waals surface area contributed by atoms with Gasteiger partial charge < -0.3 is 89.9 Å². The number of hydrogen-bond acceptors (Lipinski definition) is 18. The predicted octanol–water partition coefficient (Wildman–Crippen LogP) is 12.1. The molecule has 17 unspecified atom stereocenters. The van der Waals surface area contributed by atoms with Gasteiger partial charge in [-0.15, -0.1) is 0 Å². The Morgan fingerprint density at radius 1 is 0.371 bits per heavy atom. The summed E-state index contributed by atoms with van der Waals surface area (Å²) in [6, 6.07) is -0.998. The fourth-order valence-electron chi connectivity index (χ4n) is 12.7. The molecule has 19 nitrogen and oxygen atoms in total. The second-order valence-electron chi connectivity index (χ2n) is 27.4. The zero-order valence-corrected chi connectivity index (χ0v) is 60.0. The van der Waals surface area contributed by atoms with E-state index in [1.54, 1.807) is 6.08 Å². The van der Waals surface area contributed by atoms with E-state index >= 15 is 0 Å². The summed E-state index contributed by atoms with van der Waals surface area (Å²) >= 11 is 0. The van der Waals surface area contributed by atoms with Crippen molar-refractivity contribution >= 4 is 5.91 Å². The number of ether oxygens (including phenoxy) is 6. The number of nitrogens with one attached hydrogen (secondary N) is 1. The molecule has 3 heterocycles. The summed E-state index contributed by atoms with van der Waals surface area (Å²) in [7, 11) is 0. The Labute approximate surface area is 585 Å². The molecule has 0 aromatic rings. The molecular weight excluding hydrogens is 1240 g/mol. The molecule has 3 rings (SSSR count). The van der Waals surface area contributed by atoms with E-state index in [2.05, 4.69) is 79.9 Å². The van der Waals surface area contributed by atoms with E-state index in [1.165, 1.54) is 193 Å². The van der Waals surface area contributed by atoms with Gasteiger partial charge in [0.2, 0.25) is 5.91 Å². The van der Waals surface area contributed by atoms with Crippen LogP contribution in [0.3, 0.4) is 0 Å². The van der Waals surface area contributed by atoms with Crippen LogP contribution in [-0.2, 0) is 33.2 Å². The Kier molecular flexibility index (Phi) is 53.5. The molecule has 1 amide bonds. The van der Waals surface area contributed by atoms with Crippen LogP contribution in [0.1, 0.15) is 284 Å². The molecule has 3 saturated heterocycles. The summed E-state index contributed by atoms with van der Waals surface area (Å²) < 4.78 is 34.3. The SMILES string of the molecule is CCCCCCC/C=C\C/C=C\C/C=C\CCCCCCCCCCCCCCCCCCCCCCCCC(=O)NC(COC1OC(CO)C(OC2OC(CO)C(OC3OC(CO)C(O)C(O)C3O)C(O)C2O)C(O)C1O)C(O)/C=C/CC/C=C/CC/C=C/CCCCCCC. The van der Waals surface area contributed by atoms with Crippen molar-refractivity contribution in [2.45, 2.75) is 388 Å². The van der Waals surface area contributed by atoms with Crippen molar-refractivity contribution < 1.29 is 89.4 Å². The van der Waals surface area contributed by atoms with Crippen LogP contribution < -0.4 is 5.32 Å². The maximum absolute atomic E-state index is 13.4. The second kappa shape index (κ2) is 58.7. The number of carbonyl (C=O) groups is 1. The number of carbonyl (C=O) groups excluding carboxylic acids is 1. The van der Waals surface area contributed by atoms with Crippen LogP contribution in [0.5, 0.6) is 0 Å². The van der Waals surface area contributed by atoms with Gasteiger partial charge in [0.1, 0.15) is 73.2 Å². The number of hydrogen-bond donors (Lipinski definition) is 12. The molecule has 3 aliphatic heterocycles. The lowest BCUT2D eigenvalue weighted by atomic mass is 9.96. The van der Waals surface area contributed by atoms with Crippen molar-refractivity contribution in [1.82, 2.24) is 5.32 Å². The van der Waals surface area contributed by atoms with Gasteiger partial charge in [-0.1, -0.05) is 267 Å². The van der Waals surface area contributed by atoms with Crippen molar-refractivity contribution in [3.8, 4) is 0 Å². The molecular formula is C78H139NO18. The minimum atomic E-state index is -1.98. The summed E-state index contributed by atoms with van der Waals surface area (Å²) in [5.74, 6) is -0.288. The standard InChI is InChI=1S/C78H139NO18/c1-3-5-7-9-11-13-15-17-19-20-21-22-23-24-25-26-27-28-29-30-31-32-33-34-35-36-37-38-39-40-42-44-46-48-50-52-54-56-66(84)79-61(62(83)55-53-51-49-47-45-43-41-18-16-14-12-10-8-6-4-2)60-92-76-72(90)69(87)74(64(58-81)94-76)97-78-73(91)70(88)75(65(59-82)95-78)96-77-71(89)68(86)67(85)63(57-80)93-77/h15-18,20-21,23-24,45,47,53,55,61-65,67-78,80-83,85-91H,3-14,19,22,25-44,46,48-52,54,56-60H2,1-2H3,(H,79,84)/b17-15-,18-16+,21-20-,24-23-,47-45+,55-53+. The smallest absolute Gasteiger partial charge is 0.220 e. The monoisotopic (exact) mass is 1380 g/mol. The largest absolute Gasteiger partial charge is 0.394 e. The normalized spacial score (nSPS) is 27.3. The van der Waals surface area contributed by atoms with Gasteiger partial charge in [0, 0.05) is 6.42 Å². The van der Waals surface area contributed by atoms with Gasteiger partial charge in [-0.2, -0.15) is 0 Å². The molecule has 0 saturated carbocycles. The second-order valence-corrected chi connectivity index (χ2v) is 27.4. The van der Waals surface area contributed by atoms with Crippen molar-refractivity contribution in [2.24, 2.45) is 0 Å². The van der Waals surface area contributed by atoms with E-state index in [4.69, 9.17) is 28.4 Å². The molecule has 17 atom stereocenters. The third-order valence-electron chi connectivity index (χ3n) is 19.0. The van der Waals surface area contributed by atoms with Gasteiger partial charge in [-0.25, -0.2) is 0 Å². The molecule has 0 aromatic carbocycles. The van der Waals surface area contributed by atoms with Gasteiger partial charge >= 0.3 is 0 Å². The number of allylic oxidation sites excluding steroid dienone is 11. The Hall–Kier alpha value is -2.77. The lowest BCUT2D eigenvalue weighted by Crippen LogP contribution is -2.66. The summed E-state index contributed by atoms with van der Waals surface area (Å²) in [5.41, 5.74) is 0. The summed E-state index contributed by atoms with van der Waals surface area (Å²) in [5, 5.41) is 121. The molecule has 0 aromatic heterocycles. The Morgan fingerprint density at radius 3 is 1.10 bits per heavy atom. The van der Waals surface area contributed by atoms with Gasteiger partial charge in [-0.05, 0) is 83.5 Å². The highest BCUT2D eigenvalue weighted by Gasteiger charge is 2.53. The third-order valence-corrected chi connectivity index (χ3v) is 19.0. The number of aliphatic hydroxyl groups is 11. The summed E-state index contributed by atoms with van der Waals surface area (Å²) in [6.07, 6.45) is 49.1. The first-order valence-electron chi connectivity index (χ1n) is 38.7. The molecule has 3 aliphatic rings. The summed E-state index contributed by atoms with van der Waals surface area (Å²) in [6.45, 7) is 1.69. The first-order chi connectivity index (χ1) is 47.3. The van der Waals surface area contributed by atoms with Crippen LogP contribution in [0, 0.1) is 0 Å². The molecule has 19 heteroatoms. The van der Waals surface area contributed by atoms with Crippen LogP contribution in [0.25, 0.3) is 0 Å². The quantitative estimate of drug-likeness (QED) is 0.0199. The first kappa shape index (κ1) is 88.4. The van der Waals surface area contributed by atoms with E-state index in [9.17, 15) is 61.0 Å². The Bertz CT molecular complexity index is 2040. The maximum Gasteiger partial charge on any atom is 0.220 e. The number of rotatable bonds is 60. The topological polar surface area (TPSA) is 307 Å². The van der Waals surface area contributed by atoms with E-state index < -0.39 is 124 Å². The zero-order chi connectivity index (χ0) is 70.4. The maximum atomic E-state index is 13.4. The number of unbranched alkanes of at least 4 members (excludes halogenated alkanes) is 34. The molecule has 3 fully saturated rings. The number of amides is 1. The third kappa shape index (κ3) is 39.5. The summed E-state index contributed by atoms with van der Waals surface area (Å²) in [4.78, 5) is 13.4. The average molecular weight is 1380 g/mol. The van der Waals surface area contributed by atoms with Crippen molar-refractivity contribution in [1.29, 1.82) is 0 Å². The highest BCUT2D eigenvalue weighted by Crippen LogP contribution is 2.33. The molecule has 564 valence electrons. The van der Waals surface area contributed by atoms with Crippen LogP contribution >= 0.6 is 0 Å². The van der Waals surface area contributed by atoms with Crippen molar-refractivity contribution in [3.63, 3.8) is 0 Å². The molecule has 97 heavy (non-hydrogen) atoms. The van der Waals surface area contributed by atoms with Gasteiger partial charge in [0.25, 0.3) is 0 Å². The predicted molar refractivity (Wildman–Crippen MR) is 383 cm³/mol. The fraction of sp³-hybridized carbons (Fsp3) is 0.833. The van der Waals surface area contributed by atoms with Gasteiger partial charge in [-0.3, -0.25) is 4.79 Å². The lowest BCUT2D eigenvalue weighted by Gasteiger charge is -2.48. The van der Waals surface area contributed by atoms with Gasteiger partial charge in [0.15, 0.2) is 18.9 Å². The minimum absolute atomic E-state index is 0.232. The Balaban J connectivity index is 1.32. The Morgan fingerprint density at radius 2 is 0.691 bits per heavy atom. The minimum Gasteiger partial charge on any atom is -0.394 e. The van der Waals surface area contributed by atoms with Crippen molar-refractivity contribution in [3.05, 3.63) is 72.9 Å². The van der Waals surface area contributed by atoms with E-state index in [1.807, 2.05) is 6.08 Å².